The zero-order valence-corrected chi connectivity index (χ0v) is 22.0. The number of aromatic nitrogens is 1. The maximum atomic E-state index is 15.2. The van der Waals surface area contributed by atoms with Crippen molar-refractivity contribution in [3.05, 3.63) is 80.6 Å². The molecule has 3 aliphatic heterocycles. The maximum Gasteiger partial charge on any atom is 0.510 e. The average molecular weight is 572 g/mol. The van der Waals surface area contributed by atoms with Crippen LogP contribution in [0.15, 0.2) is 46.1 Å². The Morgan fingerprint density at radius 3 is 2.85 bits per heavy atom. The molecular formula is C27H23F2N3O7S. The highest BCUT2D eigenvalue weighted by Gasteiger charge is 2.39. The monoisotopic (exact) mass is 571 g/mol. The molecule has 208 valence electrons. The van der Waals surface area contributed by atoms with Crippen LogP contribution in [-0.4, -0.2) is 61.5 Å². The average Bonchev–Trinajstić information content (AvgIpc) is 3.16. The maximum absolute atomic E-state index is 15.2. The first-order valence-electron chi connectivity index (χ1n) is 12.4. The van der Waals surface area contributed by atoms with Crippen LogP contribution in [0.5, 0.6) is 5.75 Å². The summed E-state index contributed by atoms with van der Waals surface area (Å²) in [5, 5.41) is 0. The highest BCUT2D eigenvalue weighted by atomic mass is 32.2. The number of halogens is 2. The minimum atomic E-state index is -1.07. The van der Waals surface area contributed by atoms with Gasteiger partial charge in [0.25, 0.3) is 5.91 Å². The van der Waals surface area contributed by atoms with Crippen molar-refractivity contribution >= 4 is 23.8 Å². The van der Waals surface area contributed by atoms with Crippen molar-refractivity contribution in [3.8, 4) is 17.0 Å². The molecule has 1 atom stereocenters. The molecule has 40 heavy (non-hydrogen) atoms. The number of methoxy groups -OCH3 is 1. The molecule has 1 saturated heterocycles. The van der Waals surface area contributed by atoms with Crippen LogP contribution < -0.4 is 15.6 Å². The number of nitrogens with zero attached hydrogens (tertiary/aromatic N) is 2. The van der Waals surface area contributed by atoms with Crippen molar-refractivity contribution in [1.29, 1.82) is 0 Å². The van der Waals surface area contributed by atoms with Crippen molar-refractivity contribution in [2.75, 3.05) is 39.1 Å². The van der Waals surface area contributed by atoms with Gasteiger partial charge in [-0.2, -0.15) is 0 Å². The van der Waals surface area contributed by atoms with Gasteiger partial charge in [-0.05, 0) is 29.7 Å². The summed E-state index contributed by atoms with van der Waals surface area (Å²) >= 11 is 1.40. The van der Waals surface area contributed by atoms with Gasteiger partial charge >= 0.3 is 6.16 Å². The van der Waals surface area contributed by atoms with E-state index in [-0.39, 0.29) is 53.6 Å². The predicted molar refractivity (Wildman–Crippen MR) is 139 cm³/mol. The highest BCUT2D eigenvalue weighted by molar-refractivity contribution is 7.98. The number of ether oxygens (including phenoxy) is 4. The zero-order valence-electron chi connectivity index (χ0n) is 21.2. The topological polar surface area (TPSA) is 108 Å². The number of hydrogen-bond acceptors (Lipinski definition) is 9. The van der Waals surface area contributed by atoms with Crippen molar-refractivity contribution in [3.63, 3.8) is 0 Å². The molecule has 1 fully saturated rings. The molecule has 0 radical (unpaired) electrons. The molecule has 1 N–H and O–H groups in total. The second kappa shape index (κ2) is 10.5. The van der Waals surface area contributed by atoms with Gasteiger partial charge in [-0.25, -0.2) is 18.3 Å². The standard InChI is InChI=1S/C27H23F2N3O7S/c1-36-27(35)39-13-38-25-20(33)10-19(32-24(25)26(34)31-6-7-37-11-22(31)30-32)16-9-18(28)23(29)17-12-40-21-5-3-2-4-14(21)8-15(16)17/h2-5,9-10,22,30H,6-8,11-13H2,1H3/t22-/m0/s1. The molecule has 1 amide bonds. The largest absolute Gasteiger partial charge is 0.510 e. The van der Waals surface area contributed by atoms with E-state index in [1.54, 1.807) is 0 Å². The summed E-state index contributed by atoms with van der Waals surface area (Å²) in [7, 11) is 1.11. The molecule has 3 aliphatic rings. The fraction of sp³-hybridized carbons (Fsp3) is 0.296. The fourth-order valence-corrected chi connectivity index (χ4v) is 6.22. The first kappa shape index (κ1) is 26.1. The number of pyridine rings is 1. The normalized spacial score (nSPS) is 17.4. The minimum absolute atomic E-state index is 0.152. The second-order valence-electron chi connectivity index (χ2n) is 9.24. The van der Waals surface area contributed by atoms with E-state index in [0.29, 0.717) is 12.2 Å². The van der Waals surface area contributed by atoms with Crippen molar-refractivity contribution in [1.82, 2.24) is 9.58 Å². The van der Waals surface area contributed by atoms with Crippen LogP contribution >= 0.6 is 11.8 Å². The number of carbonyl (C=O) groups excluding carboxylic acids is 2. The number of fused-ring (bicyclic) bond motifs is 4. The Morgan fingerprint density at radius 1 is 1.20 bits per heavy atom. The highest BCUT2D eigenvalue weighted by Crippen LogP contribution is 2.40. The van der Waals surface area contributed by atoms with Crippen LogP contribution in [0, 0.1) is 11.6 Å². The Kier molecular flexibility index (Phi) is 6.84. The number of benzene rings is 2. The van der Waals surface area contributed by atoms with Crippen LogP contribution in [0.3, 0.4) is 0 Å². The number of morpholine rings is 1. The smallest absolute Gasteiger partial charge is 0.451 e. The molecule has 0 aliphatic carbocycles. The van der Waals surface area contributed by atoms with Crippen LogP contribution in [0.2, 0.25) is 0 Å². The van der Waals surface area contributed by atoms with Gasteiger partial charge in [0.15, 0.2) is 17.3 Å². The lowest BCUT2D eigenvalue weighted by Gasteiger charge is -2.42. The van der Waals surface area contributed by atoms with Gasteiger partial charge in [-0.1, -0.05) is 18.2 Å². The van der Waals surface area contributed by atoms with Gasteiger partial charge in [-0.15, -0.1) is 11.8 Å². The summed E-state index contributed by atoms with van der Waals surface area (Å²) in [5.74, 6) is -2.74. The number of amides is 1. The van der Waals surface area contributed by atoms with E-state index in [1.807, 2.05) is 24.3 Å². The Hall–Kier alpha value is -4.10. The summed E-state index contributed by atoms with van der Waals surface area (Å²) < 4.78 is 51.8. The Balaban J connectivity index is 1.55. The quantitative estimate of drug-likeness (QED) is 0.372. The van der Waals surface area contributed by atoms with Crippen molar-refractivity contribution < 1.29 is 37.3 Å². The van der Waals surface area contributed by atoms with Gasteiger partial charge < -0.3 is 29.3 Å². The molecule has 10 nitrogen and oxygen atoms in total. The number of carbonyl (C=O) groups is 2. The molecule has 0 unspecified atom stereocenters. The number of hydrogen-bond donors (Lipinski definition) is 1. The van der Waals surface area contributed by atoms with E-state index in [2.05, 4.69) is 10.2 Å². The predicted octanol–water partition coefficient (Wildman–Crippen LogP) is 3.46. The van der Waals surface area contributed by atoms with E-state index in [4.69, 9.17) is 14.2 Å². The number of nitrogens with one attached hydrogen (secondary N) is 1. The van der Waals surface area contributed by atoms with Gasteiger partial charge in [-0.3, -0.25) is 9.59 Å². The molecule has 2 aromatic carbocycles. The lowest BCUT2D eigenvalue weighted by molar-refractivity contribution is -0.00480. The summed E-state index contributed by atoms with van der Waals surface area (Å²) in [4.78, 5) is 41.0. The van der Waals surface area contributed by atoms with Crippen molar-refractivity contribution in [2.24, 2.45) is 0 Å². The third-order valence-electron chi connectivity index (χ3n) is 7.01. The number of thioether (sulfide) groups is 1. The molecule has 1 aromatic heterocycles. The molecule has 0 saturated carbocycles. The first-order chi connectivity index (χ1) is 19.4. The molecular weight excluding hydrogens is 548 g/mol. The lowest BCUT2D eigenvalue weighted by atomic mass is 9.92. The fourth-order valence-electron chi connectivity index (χ4n) is 5.12. The molecule has 0 spiro atoms. The minimum Gasteiger partial charge on any atom is -0.451 e. The van der Waals surface area contributed by atoms with Crippen LogP contribution in [-0.2, 0) is 26.4 Å². The van der Waals surface area contributed by atoms with Gasteiger partial charge in [0, 0.05) is 34.4 Å². The van der Waals surface area contributed by atoms with E-state index < -0.39 is 42.1 Å². The SMILES string of the molecule is COC(=O)OCOc1c2n(c(-c3cc(F)c(F)c4c3Cc3ccccc3SC4)cc1=O)N[C@@H]1COCCN1C2=O. The van der Waals surface area contributed by atoms with Crippen LogP contribution in [0.25, 0.3) is 11.3 Å². The van der Waals surface area contributed by atoms with E-state index in [9.17, 15) is 14.4 Å². The van der Waals surface area contributed by atoms with E-state index in [1.165, 1.54) is 27.4 Å². The zero-order chi connectivity index (χ0) is 28.0. The Morgan fingerprint density at radius 2 is 2.02 bits per heavy atom. The molecule has 6 rings (SSSR count). The molecule has 4 heterocycles. The van der Waals surface area contributed by atoms with E-state index >= 15 is 8.78 Å². The van der Waals surface area contributed by atoms with Gasteiger partial charge in [0.05, 0.1) is 26.0 Å². The van der Waals surface area contributed by atoms with Gasteiger partial charge in [0.2, 0.25) is 18.0 Å². The Labute approximate surface area is 230 Å². The van der Waals surface area contributed by atoms with E-state index in [0.717, 1.165) is 23.6 Å². The number of rotatable bonds is 4. The summed E-state index contributed by atoms with van der Waals surface area (Å²) in [6, 6.07) is 9.83. The summed E-state index contributed by atoms with van der Waals surface area (Å²) in [6.07, 6.45) is -1.34. The lowest BCUT2D eigenvalue weighted by Crippen LogP contribution is -2.59. The molecule has 0 bridgehead atoms. The first-order valence-corrected chi connectivity index (χ1v) is 13.4. The second-order valence-corrected chi connectivity index (χ2v) is 10.3. The van der Waals surface area contributed by atoms with Gasteiger partial charge in [0.1, 0.15) is 6.17 Å². The third kappa shape index (κ3) is 4.44. The van der Waals surface area contributed by atoms with Crippen molar-refractivity contribution in [2.45, 2.75) is 23.2 Å². The van der Waals surface area contributed by atoms with Crippen LogP contribution in [0.1, 0.15) is 27.2 Å². The Bertz CT molecular complexity index is 1600. The summed E-state index contributed by atoms with van der Waals surface area (Å²) in [6.45, 7) is 0.0196. The third-order valence-corrected chi connectivity index (χ3v) is 8.15. The summed E-state index contributed by atoms with van der Waals surface area (Å²) in [5.41, 5.74) is 4.32. The molecule has 13 heteroatoms. The van der Waals surface area contributed by atoms with Crippen LogP contribution in [0.4, 0.5) is 13.6 Å². The molecule has 3 aromatic rings.